The van der Waals surface area contributed by atoms with E-state index in [-0.39, 0.29) is 34.9 Å². The van der Waals surface area contributed by atoms with Gasteiger partial charge in [-0.2, -0.15) is 0 Å². The molecule has 1 aliphatic heterocycles. The fourth-order valence-electron chi connectivity index (χ4n) is 2.17. The van der Waals surface area contributed by atoms with Crippen molar-refractivity contribution in [2.45, 2.75) is 52.4 Å². The minimum absolute atomic E-state index is 0.0350. The summed E-state index contributed by atoms with van der Waals surface area (Å²) in [4.78, 5) is 12.5. The summed E-state index contributed by atoms with van der Waals surface area (Å²) in [6, 6.07) is 0. The van der Waals surface area contributed by atoms with Crippen molar-refractivity contribution in [2.75, 3.05) is 0 Å². The monoisotopic (exact) mass is 258 g/mol. The number of carbonyl (C=O) groups is 1. The Morgan fingerprint density at radius 3 is 2.18 bits per heavy atom. The Morgan fingerprint density at radius 1 is 1.29 bits per heavy atom. The molecule has 0 aromatic rings. The van der Waals surface area contributed by atoms with Gasteiger partial charge in [0.1, 0.15) is 0 Å². The Bertz CT molecular complexity index is 330. The van der Waals surface area contributed by atoms with Gasteiger partial charge in [0.05, 0.1) is 28.7 Å². The summed E-state index contributed by atoms with van der Waals surface area (Å²) in [7, 11) is 0. The zero-order chi connectivity index (χ0) is 13.4. The maximum atomic E-state index is 12.2. The molecule has 1 saturated heterocycles. The molecule has 0 radical (unpaired) electrons. The van der Waals surface area contributed by atoms with Gasteiger partial charge in [0, 0.05) is 0 Å². The number of ether oxygens (including phenoxy) is 1. The van der Waals surface area contributed by atoms with Crippen LogP contribution < -0.4 is 11.1 Å². The van der Waals surface area contributed by atoms with Crippen LogP contribution in [0.15, 0.2) is 0 Å². The van der Waals surface area contributed by atoms with Crippen LogP contribution in [0, 0.1) is 11.8 Å². The number of thiocarbonyl (C=S) groups is 1. The van der Waals surface area contributed by atoms with Gasteiger partial charge in [-0.3, -0.25) is 4.79 Å². The first-order valence-electron chi connectivity index (χ1n) is 5.94. The summed E-state index contributed by atoms with van der Waals surface area (Å²) >= 11 is 4.94. The van der Waals surface area contributed by atoms with E-state index in [9.17, 15) is 4.79 Å². The maximum absolute atomic E-state index is 12.2. The number of hydrogen-bond donors (Lipinski definition) is 2. The van der Waals surface area contributed by atoms with Crippen molar-refractivity contribution in [3.05, 3.63) is 0 Å². The smallest absolute Gasteiger partial charge is 0.226 e. The van der Waals surface area contributed by atoms with E-state index in [1.54, 1.807) is 0 Å². The van der Waals surface area contributed by atoms with E-state index in [4.69, 9.17) is 22.7 Å². The van der Waals surface area contributed by atoms with Crippen LogP contribution in [-0.4, -0.2) is 28.6 Å². The van der Waals surface area contributed by atoms with E-state index in [2.05, 4.69) is 5.32 Å². The van der Waals surface area contributed by atoms with Crippen molar-refractivity contribution >= 4 is 23.1 Å². The maximum Gasteiger partial charge on any atom is 0.226 e. The van der Waals surface area contributed by atoms with Crippen molar-refractivity contribution in [3.8, 4) is 0 Å². The second kappa shape index (κ2) is 4.90. The number of hydrogen-bond acceptors (Lipinski definition) is 3. The lowest BCUT2D eigenvalue weighted by atomic mass is 9.88. The molecule has 1 heterocycles. The van der Waals surface area contributed by atoms with Crippen molar-refractivity contribution < 1.29 is 9.53 Å². The van der Waals surface area contributed by atoms with E-state index >= 15 is 0 Å². The number of nitrogens with one attached hydrogen (secondary N) is 1. The standard InChI is InChI=1S/C12H22N2O2S/c1-6-7(2)16-8(3)9(6)10(15)14-12(4,5)11(13)17/h6-9H,1-5H3,(H2,13,17)(H,14,15). The lowest BCUT2D eigenvalue weighted by molar-refractivity contribution is -0.128. The van der Waals surface area contributed by atoms with Crippen LogP contribution in [0.4, 0.5) is 0 Å². The third-order valence-corrected chi connectivity index (χ3v) is 4.11. The highest BCUT2D eigenvalue weighted by atomic mass is 32.1. The Hall–Kier alpha value is -0.680. The van der Waals surface area contributed by atoms with Crippen LogP contribution in [0.25, 0.3) is 0 Å². The van der Waals surface area contributed by atoms with Crippen LogP contribution in [0.5, 0.6) is 0 Å². The van der Waals surface area contributed by atoms with Gasteiger partial charge in [0.2, 0.25) is 5.91 Å². The Balaban J connectivity index is 2.75. The fraction of sp³-hybridized carbons (Fsp3) is 0.833. The van der Waals surface area contributed by atoms with Gasteiger partial charge in [-0.15, -0.1) is 0 Å². The third kappa shape index (κ3) is 2.96. The highest BCUT2D eigenvalue weighted by molar-refractivity contribution is 7.80. The highest BCUT2D eigenvalue weighted by Gasteiger charge is 2.42. The summed E-state index contributed by atoms with van der Waals surface area (Å²) in [6.45, 7) is 9.57. The summed E-state index contributed by atoms with van der Waals surface area (Å²) in [6.07, 6.45) is 0.0378. The summed E-state index contributed by atoms with van der Waals surface area (Å²) in [5.41, 5.74) is 4.94. The molecule has 98 valence electrons. The average molecular weight is 258 g/mol. The molecule has 0 spiro atoms. The molecule has 0 aromatic carbocycles. The van der Waals surface area contributed by atoms with Crippen LogP contribution in [-0.2, 0) is 9.53 Å². The predicted octanol–water partition coefficient (Wildman–Crippen LogP) is 1.23. The molecule has 0 aliphatic carbocycles. The number of carbonyl (C=O) groups excluding carboxylic acids is 1. The Labute approximate surface area is 108 Å². The first-order valence-corrected chi connectivity index (χ1v) is 6.35. The molecular weight excluding hydrogens is 236 g/mol. The van der Waals surface area contributed by atoms with E-state index < -0.39 is 5.54 Å². The van der Waals surface area contributed by atoms with Gasteiger partial charge in [-0.1, -0.05) is 19.1 Å². The van der Waals surface area contributed by atoms with Crippen molar-refractivity contribution in [1.82, 2.24) is 5.32 Å². The van der Waals surface area contributed by atoms with Gasteiger partial charge >= 0.3 is 0 Å². The molecule has 0 saturated carbocycles. The second-order valence-corrected chi connectivity index (χ2v) is 5.85. The second-order valence-electron chi connectivity index (χ2n) is 5.41. The van der Waals surface area contributed by atoms with Crippen LogP contribution >= 0.6 is 12.2 Å². The molecule has 0 aromatic heterocycles. The summed E-state index contributed by atoms with van der Waals surface area (Å²) in [5, 5.41) is 2.89. The number of amides is 1. The highest BCUT2D eigenvalue weighted by Crippen LogP contribution is 2.32. The average Bonchev–Trinajstić information content (AvgIpc) is 2.39. The molecule has 4 unspecified atom stereocenters. The molecule has 5 heteroatoms. The molecule has 1 rings (SSSR count). The molecule has 0 bridgehead atoms. The first-order chi connectivity index (χ1) is 7.66. The van der Waals surface area contributed by atoms with Crippen molar-refractivity contribution in [1.29, 1.82) is 0 Å². The van der Waals surface area contributed by atoms with Crippen LogP contribution in [0.1, 0.15) is 34.6 Å². The SMILES string of the molecule is CC1OC(C)C(C(=O)NC(C)(C)C(N)=S)C1C. The largest absolute Gasteiger partial charge is 0.391 e. The molecule has 1 aliphatic rings. The minimum Gasteiger partial charge on any atom is -0.391 e. The first kappa shape index (κ1) is 14.4. The van der Waals surface area contributed by atoms with E-state index in [0.717, 1.165) is 0 Å². The molecule has 3 N–H and O–H groups in total. The number of rotatable bonds is 3. The molecule has 17 heavy (non-hydrogen) atoms. The van der Waals surface area contributed by atoms with Crippen LogP contribution in [0.3, 0.4) is 0 Å². The normalized spacial score (nSPS) is 33.5. The quantitative estimate of drug-likeness (QED) is 0.747. The lowest BCUT2D eigenvalue weighted by Gasteiger charge is -2.28. The number of nitrogens with two attached hydrogens (primary N) is 1. The topological polar surface area (TPSA) is 64.3 Å². The molecule has 1 fully saturated rings. The van der Waals surface area contributed by atoms with Gasteiger partial charge in [0.15, 0.2) is 0 Å². The van der Waals surface area contributed by atoms with E-state index in [0.29, 0.717) is 0 Å². The molecule has 4 atom stereocenters. The summed E-state index contributed by atoms with van der Waals surface area (Å²) in [5.74, 6) is 0.0259. The van der Waals surface area contributed by atoms with Gasteiger partial charge in [-0.05, 0) is 33.6 Å². The zero-order valence-corrected chi connectivity index (χ0v) is 11.9. The van der Waals surface area contributed by atoms with E-state index in [1.165, 1.54) is 0 Å². The van der Waals surface area contributed by atoms with Gasteiger partial charge in [-0.25, -0.2) is 0 Å². The van der Waals surface area contributed by atoms with Crippen molar-refractivity contribution in [3.63, 3.8) is 0 Å². The predicted molar refractivity (Wildman–Crippen MR) is 71.7 cm³/mol. The third-order valence-electron chi connectivity index (χ3n) is 3.60. The van der Waals surface area contributed by atoms with Gasteiger partial charge < -0.3 is 15.8 Å². The summed E-state index contributed by atoms with van der Waals surface area (Å²) < 4.78 is 5.66. The Morgan fingerprint density at radius 2 is 1.82 bits per heavy atom. The molecule has 4 nitrogen and oxygen atoms in total. The van der Waals surface area contributed by atoms with E-state index in [1.807, 2.05) is 34.6 Å². The lowest BCUT2D eigenvalue weighted by Crippen LogP contribution is -2.55. The fourth-order valence-corrected chi connectivity index (χ4v) is 2.22. The zero-order valence-electron chi connectivity index (χ0n) is 11.1. The van der Waals surface area contributed by atoms with Gasteiger partial charge in [0.25, 0.3) is 0 Å². The minimum atomic E-state index is -0.655. The molecular formula is C12H22N2O2S. The molecule has 1 amide bonds. The van der Waals surface area contributed by atoms with Crippen LogP contribution in [0.2, 0.25) is 0 Å². The Kier molecular flexibility index (Phi) is 4.15. The van der Waals surface area contributed by atoms with Crippen molar-refractivity contribution in [2.24, 2.45) is 17.6 Å².